The van der Waals surface area contributed by atoms with Crippen LogP contribution in [0, 0.1) is 13.8 Å². The summed E-state index contributed by atoms with van der Waals surface area (Å²) in [5.74, 6) is 0.868. The summed E-state index contributed by atoms with van der Waals surface area (Å²) < 4.78 is 30.6. The number of aromatic nitrogens is 2. The van der Waals surface area contributed by atoms with Crippen LogP contribution in [-0.4, -0.2) is 54.7 Å². The maximum atomic E-state index is 12.8. The third-order valence-electron chi connectivity index (χ3n) is 5.09. The number of carbonyl (C=O) groups is 1. The van der Waals surface area contributed by atoms with Crippen LogP contribution in [0.5, 0.6) is 5.75 Å². The van der Waals surface area contributed by atoms with Crippen molar-refractivity contribution in [3.05, 3.63) is 46.8 Å². The molecule has 1 aromatic carbocycles. The number of hydrogen-bond acceptors (Lipinski definition) is 5. The number of rotatable bonds is 5. The van der Waals surface area contributed by atoms with Gasteiger partial charge in [0.1, 0.15) is 5.75 Å². The Balaban J connectivity index is 1.80. The van der Waals surface area contributed by atoms with Gasteiger partial charge in [-0.05, 0) is 38.5 Å². The van der Waals surface area contributed by atoms with Gasteiger partial charge in [-0.25, -0.2) is 8.42 Å². The van der Waals surface area contributed by atoms with Gasteiger partial charge >= 0.3 is 0 Å². The van der Waals surface area contributed by atoms with Crippen LogP contribution >= 0.6 is 0 Å². The molecule has 146 valence electrons. The zero-order valence-corrected chi connectivity index (χ0v) is 16.9. The molecule has 1 saturated heterocycles. The van der Waals surface area contributed by atoms with Crippen molar-refractivity contribution in [2.24, 2.45) is 0 Å². The van der Waals surface area contributed by atoms with Crippen LogP contribution < -0.4 is 4.74 Å². The quantitative estimate of drug-likeness (QED) is 0.780. The van der Waals surface area contributed by atoms with Gasteiger partial charge in [0, 0.05) is 30.4 Å². The van der Waals surface area contributed by atoms with E-state index in [0.29, 0.717) is 24.3 Å². The fraction of sp³-hybridized carbons (Fsp3) is 0.474. The molecule has 1 aromatic heterocycles. The molecule has 0 saturated carbocycles. The molecule has 0 bridgehead atoms. The Labute approximate surface area is 159 Å². The van der Waals surface area contributed by atoms with E-state index < -0.39 is 9.84 Å². The van der Waals surface area contributed by atoms with Crippen molar-refractivity contribution >= 4 is 15.7 Å². The average Bonchev–Trinajstić information content (AvgIpc) is 3.14. The lowest BCUT2D eigenvalue weighted by Crippen LogP contribution is -2.26. The summed E-state index contributed by atoms with van der Waals surface area (Å²) in [6.45, 7) is 4.24. The van der Waals surface area contributed by atoms with Gasteiger partial charge in [0.15, 0.2) is 9.84 Å². The molecule has 0 spiro atoms. The third kappa shape index (κ3) is 4.00. The fourth-order valence-corrected chi connectivity index (χ4v) is 5.23. The summed E-state index contributed by atoms with van der Waals surface area (Å²) in [7, 11) is 0.335. The summed E-state index contributed by atoms with van der Waals surface area (Å²) >= 11 is 0. The Hall–Kier alpha value is -2.35. The Morgan fingerprint density at radius 1 is 1.37 bits per heavy atom. The second kappa shape index (κ2) is 7.34. The molecular formula is C19H25N3O4S. The van der Waals surface area contributed by atoms with Crippen LogP contribution in [-0.2, 0) is 16.4 Å². The second-order valence-electron chi connectivity index (χ2n) is 7.04. The molecule has 1 fully saturated rings. The average molecular weight is 391 g/mol. The van der Waals surface area contributed by atoms with Crippen molar-refractivity contribution in [3.8, 4) is 5.75 Å². The summed E-state index contributed by atoms with van der Waals surface area (Å²) in [4.78, 5) is 14.4. The van der Waals surface area contributed by atoms with Gasteiger partial charge < -0.3 is 9.64 Å². The van der Waals surface area contributed by atoms with Crippen molar-refractivity contribution in [2.75, 3.05) is 25.7 Å². The highest BCUT2D eigenvalue weighted by Gasteiger charge is 2.31. The van der Waals surface area contributed by atoms with E-state index in [1.165, 1.54) is 0 Å². The minimum absolute atomic E-state index is 0.108. The number of sulfone groups is 1. The summed E-state index contributed by atoms with van der Waals surface area (Å²) in [6, 6.07) is 6.93. The SMILES string of the molecule is COc1cccc(C(=O)N(C)Cc2c(C)nn([C@H]3CCS(=O)(=O)C3)c2C)c1. The first-order valence-corrected chi connectivity index (χ1v) is 10.7. The first-order valence-electron chi connectivity index (χ1n) is 8.86. The monoisotopic (exact) mass is 391 g/mol. The fourth-order valence-electron chi connectivity index (χ4n) is 3.54. The largest absolute Gasteiger partial charge is 0.497 e. The van der Waals surface area contributed by atoms with Crippen LogP contribution in [0.15, 0.2) is 24.3 Å². The topological polar surface area (TPSA) is 81.5 Å². The molecule has 0 radical (unpaired) electrons. The van der Waals surface area contributed by atoms with Crippen molar-refractivity contribution < 1.29 is 17.9 Å². The van der Waals surface area contributed by atoms with Gasteiger partial charge in [0.25, 0.3) is 5.91 Å². The Bertz CT molecular complexity index is 965. The highest BCUT2D eigenvalue weighted by molar-refractivity contribution is 7.91. The Morgan fingerprint density at radius 2 is 2.11 bits per heavy atom. The van der Waals surface area contributed by atoms with Crippen LogP contribution in [0.4, 0.5) is 0 Å². The zero-order valence-electron chi connectivity index (χ0n) is 16.1. The smallest absolute Gasteiger partial charge is 0.254 e. The molecule has 0 aliphatic carbocycles. The summed E-state index contributed by atoms with van der Waals surface area (Å²) in [6.07, 6.45) is 0.586. The third-order valence-corrected chi connectivity index (χ3v) is 6.84. The van der Waals surface area contributed by atoms with E-state index in [1.807, 2.05) is 18.5 Å². The molecule has 1 amide bonds. The highest BCUT2D eigenvalue weighted by Crippen LogP contribution is 2.27. The molecule has 0 unspecified atom stereocenters. The van der Waals surface area contributed by atoms with Crippen molar-refractivity contribution in [1.29, 1.82) is 0 Å². The molecule has 1 atom stereocenters. The Morgan fingerprint density at radius 3 is 2.74 bits per heavy atom. The highest BCUT2D eigenvalue weighted by atomic mass is 32.2. The van der Waals surface area contributed by atoms with E-state index in [4.69, 9.17) is 4.74 Å². The van der Waals surface area contributed by atoms with E-state index in [9.17, 15) is 13.2 Å². The lowest BCUT2D eigenvalue weighted by Gasteiger charge is -2.18. The molecule has 1 aliphatic heterocycles. The van der Waals surface area contributed by atoms with Gasteiger partial charge in [-0.15, -0.1) is 0 Å². The summed E-state index contributed by atoms with van der Waals surface area (Å²) in [5.41, 5.74) is 3.25. The number of carbonyl (C=O) groups excluding carboxylic acids is 1. The minimum atomic E-state index is -2.98. The van der Waals surface area contributed by atoms with Crippen LogP contribution in [0.2, 0.25) is 0 Å². The normalized spacial score (nSPS) is 18.4. The molecular weight excluding hydrogens is 366 g/mol. The van der Waals surface area contributed by atoms with Crippen LogP contribution in [0.1, 0.15) is 39.8 Å². The molecule has 27 heavy (non-hydrogen) atoms. The lowest BCUT2D eigenvalue weighted by molar-refractivity contribution is 0.0784. The minimum Gasteiger partial charge on any atom is -0.497 e. The number of amides is 1. The predicted octanol–water partition coefficient (Wildman–Crippen LogP) is 2.14. The molecule has 2 heterocycles. The van der Waals surface area contributed by atoms with Crippen molar-refractivity contribution in [3.63, 3.8) is 0 Å². The standard InChI is InChI=1S/C19H25N3O4S/c1-13-18(14(2)22(20-13)16-8-9-27(24,25)12-16)11-21(3)19(23)15-6-5-7-17(10-15)26-4/h5-7,10,16H,8-9,11-12H2,1-4H3/t16-/m0/s1. The van der Waals surface area contributed by atoms with E-state index in [2.05, 4.69) is 5.10 Å². The molecule has 3 rings (SSSR count). The zero-order chi connectivity index (χ0) is 19.8. The molecule has 0 N–H and O–H groups in total. The number of benzene rings is 1. The molecule has 8 heteroatoms. The van der Waals surface area contributed by atoms with Crippen LogP contribution in [0.3, 0.4) is 0 Å². The summed E-state index contributed by atoms with van der Waals surface area (Å²) in [5, 5.41) is 4.56. The van der Waals surface area contributed by atoms with Gasteiger partial charge in [0.05, 0.1) is 30.4 Å². The van der Waals surface area contributed by atoms with Crippen molar-refractivity contribution in [2.45, 2.75) is 32.9 Å². The number of nitrogens with zero attached hydrogens (tertiary/aromatic N) is 3. The first-order chi connectivity index (χ1) is 12.7. The molecule has 1 aliphatic rings. The predicted molar refractivity (Wildman–Crippen MR) is 103 cm³/mol. The maximum absolute atomic E-state index is 12.8. The van der Waals surface area contributed by atoms with Gasteiger partial charge in [-0.1, -0.05) is 6.07 Å². The van der Waals surface area contributed by atoms with E-state index >= 15 is 0 Å². The van der Waals surface area contributed by atoms with E-state index in [1.54, 1.807) is 43.3 Å². The van der Waals surface area contributed by atoms with E-state index in [0.717, 1.165) is 17.0 Å². The van der Waals surface area contributed by atoms with Crippen molar-refractivity contribution in [1.82, 2.24) is 14.7 Å². The number of aryl methyl sites for hydroxylation is 1. The van der Waals surface area contributed by atoms with Gasteiger partial charge in [0.2, 0.25) is 0 Å². The first kappa shape index (κ1) is 19.4. The van der Waals surface area contributed by atoms with E-state index in [-0.39, 0.29) is 23.5 Å². The molecule has 7 nitrogen and oxygen atoms in total. The van der Waals surface area contributed by atoms with Crippen LogP contribution in [0.25, 0.3) is 0 Å². The lowest BCUT2D eigenvalue weighted by atomic mass is 10.1. The number of methoxy groups -OCH3 is 1. The number of hydrogen-bond donors (Lipinski definition) is 0. The second-order valence-corrected chi connectivity index (χ2v) is 9.27. The Kier molecular flexibility index (Phi) is 5.28. The van der Waals surface area contributed by atoms with Gasteiger partial charge in [-0.2, -0.15) is 5.10 Å². The maximum Gasteiger partial charge on any atom is 0.254 e. The molecule has 2 aromatic rings. The van der Waals surface area contributed by atoms with Gasteiger partial charge in [-0.3, -0.25) is 9.48 Å². The number of ether oxygens (including phenoxy) is 1.